The molecule has 0 saturated carbocycles. The Labute approximate surface area is 134 Å². The Morgan fingerprint density at radius 2 is 1.78 bits per heavy atom. The number of ether oxygens (including phenoxy) is 2. The number of fused-ring (bicyclic) bond motifs is 1. The number of hydrogen-bond acceptors (Lipinski definition) is 3. The third-order valence-corrected chi connectivity index (χ3v) is 3.78. The minimum absolute atomic E-state index is 0.00946. The summed E-state index contributed by atoms with van der Waals surface area (Å²) in [6, 6.07) is 15.3. The molecule has 23 heavy (non-hydrogen) atoms. The number of pyridine rings is 1. The molecule has 0 spiro atoms. The Hall–Kier alpha value is -2.88. The van der Waals surface area contributed by atoms with Gasteiger partial charge in [0.1, 0.15) is 11.5 Å². The van der Waals surface area contributed by atoms with Gasteiger partial charge < -0.3 is 9.47 Å². The first-order valence-electron chi connectivity index (χ1n) is 7.34. The lowest BCUT2D eigenvalue weighted by atomic mass is 10.1. The van der Waals surface area contributed by atoms with Crippen molar-refractivity contribution in [2.45, 2.75) is 6.54 Å². The molecule has 3 aromatic rings. The van der Waals surface area contributed by atoms with Gasteiger partial charge in [-0.3, -0.25) is 4.79 Å². The summed E-state index contributed by atoms with van der Waals surface area (Å²) in [5.41, 5.74) is 0.550. The maximum Gasteiger partial charge on any atom is 0.231 e. The molecule has 116 valence electrons. The highest BCUT2D eigenvalue weighted by Crippen LogP contribution is 2.25. The van der Waals surface area contributed by atoms with E-state index in [1.54, 1.807) is 32.4 Å². The summed E-state index contributed by atoms with van der Waals surface area (Å²) in [4.78, 5) is 12.6. The van der Waals surface area contributed by atoms with Gasteiger partial charge in [-0.25, -0.2) is 0 Å². The molecule has 0 bridgehead atoms. The Kier molecular flexibility index (Phi) is 4.24. The third-order valence-electron chi connectivity index (χ3n) is 3.78. The van der Waals surface area contributed by atoms with Crippen molar-refractivity contribution in [3.05, 3.63) is 66.5 Å². The van der Waals surface area contributed by atoms with Gasteiger partial charge >= 0.3 is 0 Å². The summed E-state index contributed by atoms with van der Waals surface area (Å²) in [5.74, 6) is 1.18. The highest BCUT2D eigenvalue weighted by Gasteiger charge is 2.17. The van der Waals surface area contributed by atoms with Crippen LogP contribution in [-0.4, -0.2) is 20.0 Å². The number of methoxy groups -OCH3 is 2. The normalized spacial score (nSPS) is 10.5. The Bertz CT molecular complexity index is 858. The van der Waals surface area contributed by atoms with Gasteiger partial charge in [-0.05, 0) is 23.6 Å². The average Bonchev–Trinajstić information content (AvgIpc) is 2.60. The minimum atomic E-state index is -0.00946. The van der Waals surface area contributed by atoms with E-state index in [0.717, 1.165) is 10.8 Å². The Morgan fingerprint density at radius 3 is 2.52 bits per heavy atom. The fraction of sp³-hybridized carbons (Fsp3) is 0.158. The standard InChI is InChI=1S/C19H18NO3/c1-22-16-7-8-17(19(11-16)23-2)18(21)13-20-10-9-14-5-3-4-6-15(14)12-20/h3-12H,13H2,1-2H3/q+1. The lowest BCUT2D eigenvalue weighted by molar-refractivity contribution is -0.681. The van der Waals surface area contributed by atoms with Crippen LogP contribution in [0.2, 0.25) is 0 Å². The van der Waals surface area contributed by atoms with Crippen LogP contribution in [0.25, 0.3) is 10.8 Å². The largest absolute Gasteiger partial charge is 0.497 e. The molecule has 4 nitrogen and oxygen atoms in total. The van der Waals surface area contributed by atoms with E-state index in [2.05, 4.69) is 0 Å². The number of ketones is 1. The summed E-state index contributed by atoms with van der Waals surface area (Å²) in [5, 5.41) is 2.25. The van der Waals surface area contributed by atoms with Gasteiger partial charge in [-0.1, -0.05) is 18.2 Å². The van der Waals surface area contributed by atoms with E-state index in [1.807, 2.05) is 47.3 Å². The molecule has 0 fully saturated rings. The van der Waals surface area contributed by atoms with Crippen molar-refractivity contribution in [2.75, 3.05) is 14.2 Å². The monoisotopic (exact) mass is 308 g/mol. The first-order valence-corrected chi connectivity index (χ1v) is 7.34. The summed E-state index contributed by atoms with van der Waals surface area (Å²) < 4.78 is 12.4. The molecule has 2 aromatic carbocycles. The second kappa shape index (κ2) is 6.48. The molecule has 0 aliphatic rings. The molecule has 1 heterocycles. The molecular weight excluding hydrogens is 290 g/mol. The van der Waals surface area contributed by atoms with Gasteiger partial charge in [-0.2, -0.15) is 4.57 Å². The molecule has 0 atom stereocenters. The van der Waals surface area contributed by atoms with E-state index in [-0.39, 0.29) is 12.3 Å². The van der Waals surface area contributed by atoms with Crippen LogP contribution in [0.4, 0.5) is 0 Å². The summed E-state index contributed by atoms with van der Waals surface area (Å²) >= 11 is 0. The highest BCUT2D eigenvalue weighted by atomic mass is 16.5. The van der Waals surface area contributed by atoms with Gasteiger partial charge in [0.25, 0.3) is 0 Å². The number of benzene rings is 2. The van der Waals surface area contributed by atoms with Crippen molar-refractivity contribution in [1.29, 1.82) is 0 Å². The molecule has 3 rings (SSSR count). The number of rotatable bonds is 5. The molecule has 4 heteroatoms. The number of carbonyl (C=O) groups excluding carboxylic acids is 1. The molecule has 0 radical (unpaired) electrons. The van der Waals surface area contributed by atoms with E-state index in [0.29, 0.717) is 17.1 Å². The predicted molar refractivity (Wildman–Crippen MR) is 88.0 cm³/mol. The fourth-order valence-corrected chi connectivity index (χ4v) is 2.56. The van der Waals surface area contributed by atoms with Crippen molar-refractivity contribution >= 4 is 16.6 Å². The summed E-state index contributed by atoms with van der Waals surface area (Å²) in [7, 11) is 3.13. The summed E-state index contributed by atoms with van der Waals surface area (Å²) in [6.07, 6.45) is 3.89. The predicted octanol–water partition coefficient (Wildman–Crippen LogP) is 3.03. The van der Waals surface area contributed by atoms with Crippen LogP contribution in [0.1, 0.15) is 10.4 Å². The number of Topliss-reactive ketones (excluding diaryl/α,β-unsaturated/α-hetero) is 1. The molecule has 0 N–H and O–H groups in total. The first kappa shape index (κ1) is 15.0. The zero-order valence-electron chi connectivity index (χ0n) is 13.2. The molecule has 0 amide bonds. The Balaban J connectivity index is 1.88. The molecule has 0 saturated heterocycles. The second-order valence-electron chi connectivity index (χ2n) is 5.24. The van der Waals surface area contributed by atoms with Crippen molar-refractivity contribution in [3.63, 3.8) is 0 Å². The van der Waals surface area contributed by atoms with Crippen LogP contribution in [0, 0.1) is 0 Å². The zero-order chi connectivity index (χ0) is 16.2. The van der Waals surface area contributed by atoms with Crippen molar-refractivity contribution in [1.82, 2.24) is 0 Å². The van der Waals surface area contributed by atoms with E-state index in [9.17, 15) is 4.79 Å². The maximum absolute atomic E-state index is 12.6. The van der Waals surface area contributed by atoms with Gasteiger partial charge in [0.05, 0.1) is 19.8 Å². The fourth-order valence-electron chi connectivity index (χ4n) is 2.56. The molecular formula is C19H18NO3+. The second-order valence-corrected chi connectivity index (χ2v) is 5.24. The van der Waals surface area contributed by atoms with Crippen LogP contribution >= 0.6 is 0 Å². The van der Waals surface area contributed by atoms with E-state index in [1.165, 1.54) is 0 Å². The molecule has 0 aliphatic heterocycles. The van der Waals surface area contributed by atoms with E-state index in [4.69, 9.17) is 9.47 Å². The number of nitrogens with zero attached hydrogens (tertiary/aromatic N) is 1. The Morgan fingerprint density at radius 1 is 1.00 bits per heavy atom. The first-order chi connectivity index (χ1) is 11.2. The topological polar surface area (TPSA) is 39.4 Å². The molecule has 0 unspecified atom stereocenters. The van der Waals surface area contributed by atoms with Crippen LogP contribution in [0.3, 0.4) is 0 Å². The minimum Gasteiger partial charge on any atom is -0.497 e. The van der Waals surface area contributed by atoms with Crippen LogP contribution in [0.15, 0.2) is 60.9 Å². The van der Waals surface area contributed by atoms with Crippen molar-refractivity contribution in [2.24, 2.45) is 0 Å². The third kappa shape index (κ3) is 3.16. The van der Waals surface area contributed by atoms with Gasteiger partial charge in [0.15, 0.2) is 12.4 Å². The molecule has 0 aliphatic carbocycles. The molecule has 1 aromatic heterocycles. The smallest absolute Gasteiger partial charge is 0.231 e. The number of aromatic nitrogens is 1. The quantitative estimate of drug-likeness (QED) is 0.537. The summed E-state index contributed by atoms with van der Waals surface area (Å²) in [6.45, 7) is 0.257. The number of hydrogen-bond donors (Lipinski definition) is 0. The van der Waals surface area contributed by atoms with Gasteiger partial charge in [-0.15, -0.1) is 0 Å². The number of carbonyl (C=O) groups is 1. The van der Waals surface area contributed by atoms with E-state index < -0.39 is 0 Å². The highest BCUT2D eigenvalue weighted by molar-refractivity contribution is 5.98. The van der Waals surface area contributed by atoms with Crippen molar-refractivity contribution < 1.29 is 18.8 Å². The van der Waals surface area contributed by atoms with E-state index >= 15 is 0 Å². The van der Waals surface area contributed by atoms with Gasteiger partial charge in [0, 0.05) is 17.5 Å². The van der Waals surface area contributed by atoms with Crippen LogP contribution in [-0.2, 0) is 6.54 Å². The van der Waals surface area contributed by atoms with Gasteiger partial charge in [0.2, 0.25) is 12.3 Å². The lowest BCUT2D eigenvalue weighted by Gasteiger charge is -2.08. The zero-order valence-corrected chi connectivity index (χ0v) is 13.2. The average molecular weight is 308 g/mol. The van der Waals surface area contributed by atoms with Crippen LogP contribution < -0.4 is 14.0 Å². The van der Waals surface area contributed by atoms with Crippen LogP contribution in [0.5, 0.6) is 11.5 Å². The lowest BCUT2D eigenvalue weighted by Crippen LogP contribution is -2.37. The SMILES string of the molecule is COc1ccc(C(=O)C[n+]2ccc3ccccc3c2)c(OC)c1. The maximum atomic E-state index is 12.6. The van der Waals surface area contributed by atoms with Crippen molar-refractivity contribution in [3.8, 4) is 11.5 Å².